The van der Waals surface area contributed by atoms with Crippen LogP contribution >= 0.6 is 0 Å². The topological polar surface area (TPSA) is 105 Å². The summed E-state index contributed by atoms with van der Waals surface area (Å²) in [7, 11) is 0. The number of hydrogen-bond donors (Lipinski definition) is 4. The average molecular weight is 353 g/mol. The maximum absolute atomic E-state index is 13.1. The highest BCUT2D eigenvalue weighted by atomic mass is 19.1. The molecule has 0 aliphatic heterocycles. The minimum atomic E-state index is -0.263. The third kappa shape index (κ3) is 3.58. The third-order valence-corrected chi connectivity index (χ3v) is 4.39. The molecule has 0 unspecified atom stereocenters. The van der Waals surface area contributed by atoms with Crippen LogP contribution in [0.3, 0.4) is 0 Å². The second kappa shape index (κ2) is 6.62. The van der Waals surface area contributed by atoms with E-state index < -0.39 is 0 Å². The first-order valence-corrected chi connectivity index (χ1v) is 8.55. The van der Waals surface area contributed by atoms with E-state index in [-0.39, 0.29) is 11.9 Å². The Labute approximate surface area is 150 Å². The van der Waals surface area contributed by atoms with Crippen LogP contribution in [0, 0.1) is 5.82 Å². The fourth-order valence-electron chi connectivity index (χ4n) is 2.71. The number of anilines is 4. The molecule has 1 fully saturated rings. The van der Waals surface area contributed by atoms with Crippen molar-refractivity contribution in [2.45, 2.75) is 31.7 Å². The van der Waals surface area contributed by atoms with Gasteiger partial charge in [-0.2, -0.15) is 10.1 Å². The van der Waals surface area contributed by atoms with Crippen molar-refractivity contribution in [2.24, 2.45) is 0 Å². The molecule has 1 aliphatic rings. The molecule has 0 amide bonds. The number of halogens is 1. The molecule has 26 heavy (non-hydrogen) atoms. The number of benzene rings is 1. The lowest BCUT2D eigenvalue weighted by Gasteiger charge is -2.15. The fourth-order valence-corrected chi connectivity index (χ4v) is 2.71. The quantitative estimate of drug-likeness (QED) is 0.538. The molecule has 0 bridgehead atoms. The molecule has 0 saturated heterocycles. The van der Waals surface area contributed by atoms with Crippen LogP contribution in [0.5, 0.6) is 0 Å². The van der Waals surface area contributed by atoms with Crippen molar-refractivity contribution in [3.05, 3.63) is 53.6 Å². The van der Waals surface area contributed by atoms with Crippen molar-refractivity contribution in [3.8, 4) is 0 Å². The minimum Gasteiger partial charge on any atom is -0.394 e. The van der Waals surface area contributed by atoms with Crippen molar-refractivity contribution >= 4 is 23.3 Å². The molecule has 2 heterocycles. The van der Waals surface area contributed by atoms with Crippen LogP contribution in [-0.2, 0) is 0 Å². The monoisotopic (exact) mass is 353 g/mol. The van der Waals surface area contributed by atoms with Gasteiger partial charge in [-0.1, -0.05) is 12.1 Å². The van der Waals surface area contributed by atoms with Gasteiger partial charge in [0.25, 0.3) is 0 Å². The molecule has 1 atom stereocenters. The molecule has 0 radical (unpaired) electrons. The molecule has 5 N–H and O–H groups in total. The van der Waals surface area contributed by atoms with E-state index in [1.54, 1.807) is 18.3 Å². The molecule has 1 aromatic carbocycles. The van der Waals surface area contributed by atoms with Gasteiger partial charge in [0, 0.05) is 17.7 Å². The Morgan fingerprint density at radius 2 is 2.04 bits per heavy atom. The number of H-pyrrole nitrogens is 1. The first kappa shape index (κ1) is 16.3. The number of aromatic amines is 1. The fraction of sp³-hybridized carbons (Fsp3) is 0.278. The van der Waals surface area contributed by atoms with Gasteiger partial charge in [-0.05, 0) is 37.5 Å². The average Bonchev–Trinajstić information content (AvgIpc) is 3.38. The number of hydrogen-bond acceptors (Lipinski definition) is 6. The van der Waals surface area contributed by atoms with Crippen molar-refractivity contribution in [1.29, 1.82) is 0 Å². The minimum absolute atomic E-state index is 0.0843. The molecule has 134 valence electrons. The van der Waals surface area contributed by atoms with Crippen molar-refractivity contribution in [3.63, 3.8) is 0 Å². The van der Waals surface area contributed by atoms with E-state index in [1.807, 2.05) is 13.0 Å². The lowest BCUT2D eigenvalue weighted by Crippen LogP contribution is -2.11. The van der Waals surface area contributed by atoms with E-state index >= 15 is 0 Å². The summed E-state index contributed by atoms with van der Waals surface area (Å²) in [5.41, 5.74) is 8.47. The van der Waals surface area contributed by atoms with Crippen molar-refractivity contribution in [1.82, 2.24) is 20.2 Å². The normalized spacial score (nSPS) is 14.8. The molecular formula is C18H20FN7. The first-order chi connectivity index (χ1) is 12.6. The second-order valence-electron chi connectivity index (χ2n) is 6.52. The van der Waals surface area contributed by atoms with Crippen LogP contribution in [0.4, 0.5) is 27.7 Å². The Hall–Kier alpha value is -3.16. The van der Waals surface area contributed by atoms with E-state index in [2.05, 4.69) is 30.8 Å². The summed E-state index contributed by atoms with van der Waals surface area (Å²) in [6, 6.07) is 8.21. The van der Waals surface area contributed by atoms with Gasteiger partial charge in [-0.15, -0.1) is 0 Å². The first-order valence-electron chi connectivity index (χ1n) is 8.55. The van der Waals surface area contributed by atoms with Gasteiger partial charge in [0.2, 0.25) is 5.95 Å². The van der Waals surface area contributed by atoms with Crippen LogP contribution in [-0.4, -0.2) is 20.2 Å². The zero-order chi connectivity index (χ0) is 18.1. The highest BCUT2D eigenvalue weighted by molar-refractivity contribution is 5.67. The predicted molar refractivity (Wildman–Crippen MR) is 98.7 cm³/mol. The smallest absolute Gasteiger partial charge is 0.225 e. The predicted octanol–water partition coefficient (Wildman–Crippen LogP) is 3.72. The lowest BCUT2D eigenvalue weighted by atomic mass is 10.1. The van der Waals surface area contributed by atoms with E-state index in [1.165, 1.54) is 25.0 Å². The SMILES string of the molecule is C[C@@H](Nc1ncc(N)c(Nc2cc(C3CC3)[nH]n2)n1)c1ccc(F)cc1. The molecule has 2 aromatic heterocycles. The molecule has 7 nitrogen and oxygen atoms in total. The number of rotatable bonds is 6. The summed E-state index contributed by atoms with van der Waals surface area (Å²) < 4.78 is 13.1. The maximum atomic E-state index is 13.1. The van der Waals surface area contributed by atoms with Crippen molar-refractivity contribution in [2.75, 3.05) is 16.4 Å². The Bertz CT molecular complexity index is 902. The van der Waals surface area contributed by atoms with Gasteiger partial charge in [0.05, 0.1) is 17.9 Å². The summed E-state index contributed by atoms with van der Waals surface area (Å²) in [5, 5.41) is 13.6. The molecule has 3 aromatic rings. The number of aromatic nitrogens is 4. The number of nitrogen functional groups attached to an aromatic ring is 1. The van der Waals surface area contributed by atoms with E-state index in [0.717, 1.165) is 11.3 Å². The Morgan fingerprint density at radius 1 is 1.27 bits per heavy atom. The third-order valence-electron chi connectivity index (χ3n) is 4.39. The van der Waals surface area contributed by atoms with Crippen LogP contribution in [0.2, 0.25) is 0 Å². The Balaban J connectivity index is 1.48. The summed E-state index contributed by atoms with van der Waals surface area (Å²) in [5.74, 6) is 1.92. The summed E-state index contributed by atoms with van der Waals surface area (Å²) in [4.78, 5) is 8.65. The van der Waals surface area contributed by atoms with Gasteiger partial charge in [0.15, 0.2) is 11.6 Å². The van der Waals surface area contributed by atoms with E-state index in [0.29, 0.717) is 29.2 Å². The van der Waals surface area contributed by atoms with Gasteiger partial charge in [0.1, 0.15) is 5.82 Å². The van der Waals surface area contributed by atoms with E-state index in [9.17, 15) is 4.39 Å². The highest BCUT2D eigenvalue weighted by Crippen LogP contribution is 2.39. The van der Waals surface area contributed by atoms with Crippen LogP contribution < -0.4 is 16.4 Å². The largest absolute Gasteiger partial charge is 0.394 e. The zero-order valence-corrected chi connectivity index (χ0v) is 14.3. The summed E-state index contributed by atoms with van der Waals surface area (Å²) in [6.45, 7) is 1.95. The van der Waals surface area contributed by atoms with Gasteiger partial charge in [-0.3, -0.25) is 5.10 Å². The van der Waals surface area contributed by atoms with Gasteiger partial charge < -0.3 is 16.4 Å². The van der Waals surface area contributed by atoms with E-state index in [4.69, 9.17) is 5.73 Å². The van der Waals surface area contributed by atoms with Crippen LogP contribution in [0.25, 0.3) is 0 Å². The standard InChI is InChI=1S/C18H20FN7/c1-10(11-4-6-13(19)7-5-11)22-18-21-9-14(20)17(24-18)23-16-8-15(25-26-16)12-2-3-12/h4-10,12H,2-3,20H2,1H3,(H3,21,22,23,24,25,26)/t10-/m1/s1. The molecular weight excluding hydrogens is 333 g/mol. The lowest BCUT2D eigenvalue weighted by molar-refractivity contribution is 0.626. The molecule has 4 rings (SSSR count). The van der Waals surface area contributed by atoms with Crippen LogP contribution in [0.1, 0.15) is 43.0 Å². The highest BCUT2D eigenvalue weighted by Gasteiger charge is 2.25. The van der Waals surface area contributed by atoms with Crippen LogP contribution in [0.15, 0.2) is 36.5 Å². The van der Waals surface area contributed by atoms with Gasteiger partial charge in [-0.25, -0.2) is 9.37 Å². The van der Waals surface area contributed by atoms with Gasteiger partial charge >= 0.3 is 0 Å². The summed E-state index contributed by atoms with van der Waals surface area (Å²) in [6.07, 6.45) is 3.95. The Morgan fingerprint density at radius 3 is 2.77 bits per heavy atom. The molecule has 1 saturated carbocycles. The second-order valence-corrected chi connectivity index (χ2v) is 6.52. The Kier molecular flexibility index (Phi) is 4.16. The number of nitrogens with one attached hydrogen (secondary N) is 3. The molecule has 8 heteroatoms. The molecule has 1 aliphatic carbocycles. The zero-order valence-electron chi connectivity index (χ0n) is 14.3. The summed E-state index contributed by atoms with van der Waals surface area (Å²) >= 11 is 0. The maximum Gasteiger partial charge on any atom is 0.225 e. The van der Waals surface area contributed by atoms with Crippen molar-refractivity contribution < 1.29 is 4.39 Å². The number of nitrogens with zero attached hydrogens (tertiary/aromatic N) is 3. The molecule has 0 spiro atoms. The number of nitrogens with two attached hydrogens (primary N) is 1.